The molecule has 6 heteroatoms. The van der Waals surface area contributed by atoms with Crippen LogP contribution in [0, 0.1) is 0 Å². The number of aromatic nitrogens is 1. The van der Waals surface area contributed by atoms with E-state index in [-0.39, 0.29) is 5.91 Å². The molecule has 3 rings (SSSR count). The summed E-state index contributed by atoms with van der Waals surface area (Å²) in [5.41, 5.74) is 10.0. The van der Waals surface area contributed by atoms with Gasteiger partial charge in [0.2, 0.25) is 0 Å². The minimum absolute atomic E-state index is 0.261. The highest BCUT2D eigenvalue weighted by Gasteiger charge is 2.13. The molecule has 0 atom stereocenters. The minimum Gasteiger partial charge on any atom is -0.496 e. The number of amides is 1. The van der Waals surface area contributed by atoms with Crippen molar-refractivity contribution < 1.29 is 9.53 Å². The van der Waals surface area contributed by atoms with E-state index in [0.29, 0.717) is 22.7 Å². The van der Waals surface area contributed by atoms with E-state index >= 15 is 0 Å². The van der Waals surface area contributed by atoms with E-state index in [9.17, 15) is 4.79 Å². The number of rotatable bonds is 3. The predicted molar refractivity (Wildman–Crippen MR) is 85.0 cm³/mol. The largest absolute Gasteiger partial charge is 0.496 e. The zero-order valence-corrected chi connectivity index (χ0v) is 12.1. The van der Waals surface area contributed by atoms with Crippen LogP contribution in [0.25, 0.3) is 10.2 Å². The third-order valence-electron chi connectivity index (χ3n) is 3.06. The molecule has 1 amide bonds. The molecule has 1 aromatic heterocycles. The fraction of sp³-hybridized carbons (Fsp3) is 0.0667. The summed E-state index contributed by atoms with van der Waals surface area (Å²) in [4.78, 5) is 16.6. The van der Waals surface area contributed by atoms with Crippen LogP contribution in [0.2, 0.25) is 0 Å². The van der Waals surface area contributed by atoms with Crippen LogP contribution in [0.15, 0.2) is 41.9 Å². The van der Waals surface area contributed by atoms with Gasteiger partial charge < -0.3 is 15.8 Å². The molecule has 0 fully saturated rings. The molecule has 3 N–H and O–H groups in total. The van der Waals surface area contributed by atoms with Crippen molar-refractivity contribution in [2.45, 2.75) is 0 Å². The number of thiazole rings is 1. The van der Waals surface area contributed by atoms with Crippen LogP contribution in [0.1, 0.15) is 10.4 Å². The standard InChI is InChI=1S/C15H13N3O2S/c1-20-13-5-2-9(16)6-11(13)15(19)18-10-3-4-12-14(7-10)21-8-17-12/h2-8H,16H2,1H3,(H,18,19). The molecule has 0 aliphatic rings. The maximum absolute atomic E-state index is 12.4. The molecule has 0 aliphatic heterocycles. The molecule has 106 valence electrons. The van der Waals surface area contributed by atoms with Gasteiger partial charge in [-0.1, -0.05) is 0 Å². The third-order valence-corrected chi connectivity index (χ3v) is 3.85. The summed E-state index contributed by atoms with van der Waals surface area (Å²) in [7, 11) is 1.52. The van der Waals surface area contributed by atoms with Crippen LogP contribution in [0.3, 0.4) is 0 Å². The normalized spacial score (nSPS) is 10.5. The Hall–Kier alpha value is -2.60. The number of nitrogen functional groups attached to an aromatic ring is 1. The van der Waals surface area contributed by atoms with Crippen molar-refractivity contribution >= 4 is 38.8 Å². The fourth-order valence-electron chi connectivity index (χ4n) is 2.03. The Morgan fingerprint density at radius 2 is 2.14 bits per heavy atom. The van der Waals surface area contributed by atoms with E-state index in [1.54, 1.807) is 23.7 Å². The fourth-order valence-corrected chi connectivity index (χ4v) is 2.75. The number of nitrogens with one attached hydrogen (secondary N) is 1. The van der Waals surface area contributed by atoms with Gasteiger partial charge in [-0.2, -0.15) is 0 Å². The molecule has 21 heavy (non-hydrogen) atoms. The average molecular weight is 299 g/mol. The van der Waals surface area contributed by atoms with Gasteiger partial charge in [0.05, 0.1) is 28.4 Å². The summed E-state index contributed by atoms with van der Waals surface area (Å²) in [6.45, 7) is 0. The van der Waals surface area contributed by atoms with Gasteiger partial charge in [-0.25, -0.2) is 4.98 Å². The van der Waals surface area contributed by atoms with E-state index in [2.05, 4.69) is 10.3 Å². The smallest absolute Gasteiger partial charge is 0.259 e. The van der Waals surface area contributed by atoms with Crippen LogP contribution in [0.4, 0.5) is 11.4 Å². The lowest BCUT2D eigenvalue weighted by Gasteiger charge is -2.10. The first-order valence-electron chi connectivity index (χ1n) is 6.25. The average Bonchev–Trinajstić information content (AvgIpc) is 2.94. The number of fused-ring (bicyclic) bond motifs is 1. The number of nitrogens with two attached hydrogens (primary N) is 1. The van der Waals surface area contributed by atoms with Crippen LogP contribution < -0.4 is 15.8 Å². The maximum Gasteiger partial charge on any atom is 0.259 e. The first kappa shape index (κ1) is 13.4. The van der Waals surface area contributed by atoms with Gasteiger partial charge in [0, 0.05) is 11.4 Å². The summed E-state index contributed by atoms with van der Waals surface area (Å²) in [5, 5.41) is 2.85. The summed E-state index contributed by atoms with van der Waals surface area (Å²) in [6.07, 6.45) is 0. The molecule has 0 radical (unpaired) electrons. The summed E-state index contributed by atoms with van der Waals surface area (Å²) in [5.74, 6) is 0.226. The zero-order chi connectivity index (χ0) is 14.8. The Labute approximate surface area is 125 Å². The predicted octanol–water partition coefficient (Wildman–Crippen LogP) is 3.14. The van der Waals surface area contributed by atoms with Crippen molar-refractivity contribution in [2.75, 3.05) is 18.2 Å². The zero-order valence-electron chi connectivity index (χ0n) is 11.3. The summed E-state index contributed by atoms with van der Waals surface area (Å²) < 4.78 is 6.21. The van der Waals surface area contributed by atoms with Crippen LogP contribution in [-0.2, 0) is 0 Å². The molecule has 5 nitrogen and oxygen atoms in total. The number of hydrogen-bond donors (Lipinski definition) is 2. The topological polar surface area (TPSA) is 77.2 Å². The summed E-state index contributed by atoms with van der Waals surface area (Å²) in [6, 6.07) is 10.6. The van der Waals surface area contributed by atoms with Gasteiger partial charge in [0.25, 0.3) is 5.91 Å². The van der Waals surface area contributed by atoms with Crippen LogP contribution >= 0.6 is 11.3 Å². The SMILES string of the molecule is COc1ccc(N)cc1C(=O)Nc1ccc2ncsc2c1. The Morgan fingerprint density at radius 1 is 1.29 bits per heavy atom. The molecule has 0 saturated carbocycles. The first-order valence-corrected chi connectivity index (χ1v) is 7.13. The number of hydrogen-bond acceptors (Lipinski definition) is 5. The molecule has 0 unspecified atom stereocenters. The maximum atomic E-state index is 12.4. The van der Waals surface area contributed by atoms with E-state index in [1.807, 2.05) is 18.2 Å². The lowest BCUT2D eigenvalue weighted by Crippen LogP contribution is -2.13. The number of carbonyl (C=O) groups is 1. The van der Waals surface area contributed by atoms with Gasteiger partial charge in [0.15, 0.2) is 0 Å². The van der Waals surface area contributed by atoms with Gasteiger partial charge in [-0.05, 0) is 36.4 Å². The van der Waals surface area contributed by atoms with Crippen molar-refractivity contribution in [2.24, 2.45) is 0 Å². The Bertz CT molecular complexity index is 814. The molecule has 2 aromatic carbocycles. The van der Waals surface area contributed by atoms with Gasteiger partial charge in [0.1, 0.15) is 5.75 Å². The second-order valence-electron chi connectivity index (χ2n) is 4.45. The highest BCUT2D eigenvalue weighted by molar-refractivity contribution is 7.16. The van der Waals surface area contributed by atoms with Crippen molar-refractivity contribution in [3.05, 3.63) is 47.5 Å². The van der Waals surface area contributed by atoms with Crippen molar-refractivity contribution in [3.63, 3.8) is 0 Å². The molecule has 0 spiro atoms. The molecule has 1 heterocycles. The minimum atomic E-state index is -0.261. The summed E-state index contributed by atoms with van der Waals surface area (Å²) >= 11 is 1.53. The lowest BCUT2D eigenvalue weighted by molar-refractivity contribution is 0.102. The van der Waals surface area contributed by atoms with Gasteiger partial charge in [-0.15, -0.1) is 11.3 Å². The quantitative estimate of drug-likeness (QED) is 0.728. The van der Waals surface area contributed by atoms with Gasteiger partial charge >= 0.3 is 0 Å². The Morgan fingerprint density at radius 3 is 2.95 bits per heavy atom. The second kappa shape index (κ2) is 5.41. The Kier molecular flexibility index (Phi) is 3.45. The number of ether oxygens (including phenoxy) is 1. The lowest BCUT2D eigenvalue weighted by atomic mass is 10.1. The molecule has 3 aromatic rings. The Balaban J connectivity index is 1.90. The molecule has 0 aliphatic carbocycles. The number of nitrogens with zero attached hydrogens (tertiary/aromatic N) is 1. The highest BCUT2D eigenvalue weighted by Crippen LogP contribution is 2.25. The van der Waals surface area contributed by atoms with E-state index in [4.69, 9.17) is 10.5 Å². The van der Waals surface area contributed by atoms with Crippen LogP contribution in [0.5, 0.6) is 5.75 Å². The van der Waals surface area contributed by atoms with E-state index in [1.165, 1.54) is 18.4 Å². The highest BCUT2D eigenvalue weighted by atomic mass is 32.1. The van der Waals surface area contributed by atoms with Crippen molar-refractivity contribution in [1.82, 2.24) is 4.98 Å². The van der Waals surface area contributed by atoms with Gasteiger partial charge in [-0.3, -0.25) is 4.79 Å². The molecule has 0 saturated heterocycles. The number of benzene rings is 2. The second-order valence-corrected chi connectivity index (χ2v) is 5.34. The monoisotopic (exact) mass is 299 g/mol. The first-order chi connectivity index (χ1) is 10.2. The van der Waals surface area contributed by atoms with Crippen molar-refractivity contribution in [3.8, 4) is 5.75 Å². The van der Waals surface area contributed by atoms with E-state index < -0.39 is 0 Å². The molecular weight excluding hydrogens is 286 g/mol. The number of methoxy groups -OCH3 is 1. The third kappa shape index (κ3) is 2.66. The molecule has 0 bridgehead atoms. The molecular formula is C15H13N3O2S. The number of carbonyl (C=O) groups excluding carboxylic acids is 1. The van der Waals surface area contributed by atoms with E-state index in [0.717, 1.165) is 10.2 Å². The van der Waals surface area contributed by atoms with Crippen molar-refractivity contribution in [1.29, 1.82) is 0 Å². The number of anilines is 2. The van der Waals surface area contributed by atoms with Crippen LogP contribution in [-0.4, -0.2) is 18.0 Å².